The van der Waals surface area contributed by atoms with E-state index >= 15 is 0 Å². The molecule has 0 spiro atoms. The van der Waals surface area contributed by atoms with Gasteiger partial charge in [0.15, 0.2) is 5.75 Å². The van der Waals surface area contributed by atoms with Gasteiger partial charge < -0.3 is 20.3 Å². The predicted octanol–water partition coefficient (Wildman–Crippen LogP) is 3.45. The van der Waals surface area contributed by atoms with E-state index in [0.29, 0.717) is 41.4 Å². The quantitative estimate of drug-likeness (QED) is 0.375. The summed E-state index contributed by atoms with van der Waals surface area (Å²) in [5.74, 6) is -2.70. The number of nitrogens with zero attached hydrogens (tertiary/aromatic N) is 3. The third-order valence-corrected chi connectivity index (χ3v) is 5.68. The monoisotopic (exact) mass is 526 g/mol. The lowest BCUT2D eigenvalue weighted by molar-refractivity contribution is -0.134. The summed E-state index contributed by atoms with van der Waals surface area (Å²) in [5.41, 5.74) is 0.679. The van der Waals surface area contributed by atoms with Crippen molar-refractivity contribution in [2.24, 2.45) is 5.92 Å². The number of aryl methyl sites for hydroxylation is 2. The van der Waals surface area contributed by atoms with Crippen LogP contribution in [-0.2, 0) is 19.8 Å². The largest absolute Gasteiger partial charge is 0.489 e. The van der Waals surface area contributed by atoms with Gasteiger partial charge in [0.1, 0.15) is 23.3 Å². The molecule has 3 aromatic rings. The summed E-state index contributed by atoms with van der Waals surface area (Å²) in [5, 5.41) is 18.3. The average Bonchev–Trinajstić information content (AvgIpc) is 3.60. The van der Waals surface area contributed by atoms with Crippen molar-refractivity contribution in [3.05, 3.63) is 89.7 Å². The highest BCUT2D eigenvalue weighted by Gasteiger charge is 2.60. The van der Waals surface area contributed by atoms with E-state index in [-0.39, 0.29) is 24.1 Å². The molecule has 0 radical (unpaired) electrons. The van der Waals surface area contributed by atoms with Crippen molar-refractivity contribution in [2.75, 3.05) is 11.9 Å². The van der Waals surface area contributed by atoms with Gasteiger partial charge in [-0.15, -0.1) is 0 Å². The Balaban J connectivity index is 0.000000436. The molecule has 0 unspecified atom stereocenters. The topological polar surface area (TPSA) is 152 Å². The standard InChI is InChI=1S/C22H20F2N4O2.C4H4O4/c1-13-19(11-25-14(2)27-13)30-12-22(15-4-3-5-16(23)8-15)9-18(22)21(29)28-20-7-6-17(24)10-26-20;5-3(6)1-2-4(7)8/h3-8,10-11,18H,9,12H2,1-2H3,(H,26,28,29);1-2H,(H,5,6)(H,7,8)/b;2-1+/t18-,22+;/m0./s1. The lowest BCUT2D eigenvalue weighted by Crippen LogP contribution is -2.27. The van der Waals surface area contributed by atoms with Crippen molar-refractivity contribution in [2.45, 2.75) is 25.7 Å². The maximum absolute atomic E-state index is 13.9. The molecule has 2 aromatic heterocycles. The van der Waals surface area contributed by atoms with Crippen LogP contribution in [0.15, 0.2) is 60.9 Å². The van der Waals surface area contributed by atoms with E-state index in [0.717, 1.165) is 6.20 Å². The van der Waals surface area contributed by atoms with Crippen LogP contribution in [0.3, 0.4) is 0 Å². The number of anilines is 1. The number of carboxylic acids is 2. The smallest absolute Gasteiger partial charge is 0.328 e. The Hall–Kier alpha value is -4.74. The fraction of sp³-hybridized carbons (Fsp3) is 0.231. The summed E-state index contributed by atoms with van der Waals surface area (Å²) in [6, 6.07) is 8.79. The maximum Gasteiger partial charge on any atom is 0.328 e. The van der Waals surface area contributed by atoms with Crippen LogP contribution in [0.5, 0.6) is 5.75 Å². The van der Waals surface area contributed by atoms with E-state index in [1.165, 1.54) is 24.3 Å². The van der Waals surface area contributed by atoms with Crippen molar-refractivity contribution >= 4 is 23.7 Å². The molecular formula is C26H24F2N4O6. The van der Waals surface area contributed by atoms with Gasteiger partial charge in [0, 0.05) is 17.6 Å². The molecule has 1 amide bonds. The number of amides is 1. The van der Waals surface area contributed by atoms with Gasteiger partial charge in [-0.3, -0.25) is 4.79 Å². The summed E-state index contributed by atoms with van der Waals surface area (Å²) < 4.78 is 32.9. The third-order valence-electron chi connectivity index (χ3n) is 5.68. The Kier molecular flexibility index (Phi) is 8.79. The number of pyridine rings is 1. The number of halogens is 2. The molecule has 2 atom stereocenters. The van der Waals surface area contributed by atoms with Crippen LogP contribution in [0.2, 0.25) is 0 Å². The first-order valence-corrected chi connectivity index (χ1v) is 11.3. The van der Waals surface area contributed by atoms with Gasteiger partial charge in [-0.05, 0) is 50.1 Å². The van der Waals surface area contributed by atoms with Gasteiger partial charge in [0.05, 0.1) is 30.6 Å². The number of carbonyl (C=O) groups is 3. The van der Waals surface area contributed by atoms with Crippen molar-refractivity contribution < 1.29 is 38.1 Å². The molecule has 38 heavy (non-hydrogen) atoms. The first-order chi connectivity index (χ1) is 18.0. The number of hydrogen-bond acceptors (Lipinski definition) is 7. The Bertz CT molecular complexity index is 1350. The molecule has 198 valence electrons. The first kappa shape index (κ1) is 27.8. The second-order valence-electron chi connectivity index (χ2n) is 8.44. The van der Waals surface area contributed by atoms with Crippen LogP contribution in [0.4, 0.5) is 14.6 Å². The zero-order valence-electron chi connectivity index (χ0n) is 20.4. The van der Waals surface area contributed by atoms with Gasteiger partial charge in [-0.25, -0.2) is 33.3 Å². The van der Waals surface area contributed by atoms with Crippen molar-refractivity contribution in [3.63, 3.8) is 0 Å². The number of carbonyl (C=O) groups excluding carboxylic acids is 1. The number of aromatic nitrogens is 3. The lowest BCUT2D eigenvalue weighted by atomic mass is 9.93. The molecule has 1 saturated carbocycles. The fourth-order valence-corrected chi connectivity index (χ4v) is 3.74. The molecule has 3 N–H and O–H groups in total. The minimum absolute atomic E-state index is 0.165. The number of rotatable bonds is 8. The zero-order valence-corrected chi connectivity index (χ0v) is 20.4. The predicted molar refractivity (Wildman–Crippen MR) is 130 cm³/mol. The number of hydrogen-bond donors (Lipinski definition) is 3. The van der Waals surface area contributed by atoms with Crippen molar-refractivity contribution in [1.29, 1.82) is 0 Å². The number of benzene rings is 1. The van der Waals surface area contributed by atoms with E-state index in [4.69, 9.17) is 14.9 Å². The molecule has 0 saturated heterocycles. The van der Waals surface area contributed by atoms with Gasteiger partial charge in [0.2, 0.25) is 5.91 Å². The van der Waals surface area contributed by atoms with E-state index in [2.05, 4.69) is 20.3 Å². The van der Waals surface area contributed by atoms with E-state index in [1.54, 1.807) is 25.3 Å². The molecule has 2 heterocycles. The number of ether oxygens (including phenoxy) is 1. The van der Waals surface area contributed by atoms with Gasteiger partial charge in [-0.2, -0.15) is 0 Å². The molecule has 12 heteroatoms. The van der Waals surface area contributed by atoms with Gasteiger partial charge in [-0.1, -0.05) is 12.1 Å². The highest BCUT2D eigenvalue weighted by molar-refractivity contribution is 5.95. The molecule has 4 rings (SSSR count). The highest BCUT2D eigenvalue weighted by atomic mass is 19.1. The SMILES string of the molecule is Cc1ncc(OC[C@@]2(c3cccc(F)c3)C[C@H]2C(=O)Nc2ccc(F)cn2)c(C)n1.O=C(O)/C=C/C(=O)O. The highest BCUT2D eigenvalue weighted by Crippen LogP contribution is 2.55. The summed E-state index contributed by atoms with van der Waals surface area (Å²) in [6.07, 6.45) is 4.22. The first-order valence-electron chi connectivity index (χ1n) is 11.3. The van der Waals surface area contributed by atoms with Crippen LogP contribution in [-0.4, -0.2) is 49.6 Å². The molecule has 0 bridgehead atoms. The Morgan fingerprint density at radius 2 is 1.76 bits per heavy atom. The summed E-state index contributed by atoms with van der Waals surface area (Å²) in [6.45, 7) is 3.77. The maximum atomic E-state index is 13.9. The summed E-state index contributed by atoms with van der Waals surface area (Å²) in [4.78, 5) is 44.2. The normalized spacial score (nSPS) is 17.7. The summed E-state index contributed by atoms with van der Waals surface area (Å²) in [7, 11) is 0. The van der Waals surface area contributed by atoms with Crippen LogP contribution in [0.25, 0.3) is 0 Å². The number of carboxylic acid groups (broad SMARTS) is 2. The summed E-state index contributed by atoms with van der Waals surface area (Å²) >= 11 is 0. The van der Waals surface area contributed by atoms with Crippen LogP contribution in [0.1, 0.15) is 23.5 Å². The Morgan fingerprint density at radius 3 is 2.34 bits per heavy atom. The third kappa shape index (κ3) is 7.38. The number of aliphatic carboxylic acids is 2. The van der Waals surface area contributed by atoms with Crippen LogP contribution in [0, 0.1) is 31.4 Å². The molecule has 1 aromatic carbocycles. The van der Waals surface area contributed by atoms with Crippen molar-refractivity contribution in [1.82, 2.24) is 15.0 Å². The second-order valence-corrected chi connectivity index (χ2v) is 8.44. The van der Waals surface area contributed by atoms with E-state index in [9.17, 15) is 23.2 Å². The lowest BCUT2D eigenvalue weighted by Gasteiger charge is -2.19. The van der Waals surface area contributed by atoms with Crippen LogP contribution < -0.4 is 10.1 Å². The Morgan fingerprint density at radius 1 is 1.05 bits per heavy atom. The zero-order chi connectivity index (χ0) is 27.9. The molecule has 1 aliphatic carbocycles. The molecular weight excluding hydrogens is 502 g/mol. The van der Waals surface area contributed by atoms with Gasteiger partial charge in [0.25, 0.3) is 0 Å². The van der Waals surface area contributed by atoms with Crippen molar-refractivity contribution in [3.8, 4) is 5.75 Å². The molecule has 10 nitrogen and oxygen atoms in total. The fourth-order valence-electron chi connectivity index (χ4n) is 3.74. The molecule has 0 aliphatic heterocycles. The van der Waals surface area contributed by atoms with Crippen LogP contribution >= 0.6 is 0 Å². The Labute approximate surface area is 216 Å². The van der Waals surface area contributed by atoms with Gasteiger partial charge >= 0.3 is 11.9 Å². The molecule has 1 aliphatic rings. The molecule has 1 fully saturated rings. The minimum atomic E-state index is -1.26. The number of nitrogens with one attached hydrogen (secondary N) is 1. The second kappa shape index (κ2) is 12.0. The van der Waals surface area contributed by atoms with E-state index in [1.807, 2.05) is 6.92 Å². The minimum Gasteiger partial charge on any atom is -0.489 e. The van der Waals surface area contributed by atoms with E-state index < -0.39 is 29.1 Å². The average molecular weight is 526 g/mol.